The SMILES string of the molecule is CC1C[C@H]2CC[C@@H]1N2C(=O)O. The van der Waals surface area contributed by atoms with Crippen molar-refractivity contribution in [1.29, 1.82) is 0 Å². The van der Waals surface area contributed by atoms with E-state index in [1.807, 2.05) is 0 Å². The van der Waals surface area contributed by atoms with Gasteiger partial charge < -0.3 is 10.0 Å². The summed E-state index contributed by atoms with van der Waals surface area (Å²) in [4.78, 5) is 12.4. The first-order valence-electron chi connectivity index (χ1n) is 4.21. The molecule has 0 aromatic carbocycles. The summed E-state index contributed by atoms with van der Waals surface area (Å²) in [5, 5.41) is 8.84. The molecule has 3 atom stereocenters. The number of carboxylic acid groups (broad SMARTS) is 1. The zero-order chi connectivity index (χ0) is 8.01. The number of carbonyl (C=O) groups is 1. The van der Waals surface area contributed by atoms with E-state index in [0.717, 1.165) is 19.3 Å². The van der Waals surface area contributed by atoms with Crippen molar-refractivity contribution < 1.29 is 9.90 Å². The van der Waals surface area contributed by atoms with Crippen LogP contribution in [0.3, 0.4) is 0 Å². The van der Waals surface area contributed by atoms with Crippen molar-refractivity contribution in [3.05, 3.63) is 0 Å². The third-order valence-corrected chi connectivity index (χ3v) is 3.07. The molecule has 0 spiro atoms. The topological polar surface area (TPSA) is 40.5 Å². The molecule has 2 rings (SSSR count). The Labute approximate surface area is 66.0 Å². The van der Waals surface area contributed by atoms with Gasteiger partial charge >= 0.3 is 6.09 Å². The molecule has 1 N–H and O–H groups in total. The van der Waals surface area contributed by atoms with Crippen LogP contribution in [0.25, 0.3) is 0 Å². The average molecular weight is 155 g/mol. The summed E-state index contributed by atoms with van der Waals surface area (Å²) in [6.45, 7) is 2.15. The van der Waals surface area contributed by atoms with Gasteiger partial charge in [0.05, 0.1) is 0 Å². The third-order valence-electron chi connectivity index (χ3n) is 3.07. The Morgan fingerprint density at radius 1 is 1.55 bits per heavy atom. The minimum absolute atomic E-state index is 0.331. The average Bonchev–Trinajstić information content (AvgIpc) is 2.41. The van der Waals surface area contributed by atoms with Gasteiger partial charge in [-0.3, -0.25) is 0 Å². The van der Waals surface area contributed by atoms with E-state index < -0.39 is 6.09 Å². The second-order valence-corrected chi connectivity index (χ2v) is 3.70. The van der Waals surface area contributed by atoms with Gasteiger partial charge in [-0.1, -0.05) is 6.92 Å². The predicted molar refractivity (Wildman–Crippen MR) is 40.5 cm³/mol. The zero-order valence-electron chi connectivity index (χ0n) is 6.66. The van der Waals surface area contributed by atoms with Crippen LogP contribution in [0.4, 0.5) is 4.79 Å². The van der Waals surface area contributed by atoms with Crippen molar-refractivity contribution in [1.82, 2.24) is 4.90 Å². The molecular formula is C8H13NO2. The highest BCUT2D eigenvalue weighted by atomic mass is 16.4. The van der Waals surface area contributed by atoms with E-state index >= 15 is 0 Å². The van der Waals surface area contributed by atoms with Gasteiger partial charge in [0.25, 0.3) is 0 Å². The number of hydrogen-bond donors (Lipinski definition) is 1. The Kier molecular flexibility index (Phi) is 1.34. The molecule has 0 saturated carbocycles. The molecule has 3 heteroatoms. The summed E-state index contributed by atoms with van der Waals surface area (Å²) in [6.07, 6.45) is 2.53. The number of fused-ring (bicyclic) bond motifs is 2. The number of nitrogens with zero attached hydrogens (tertiary/aromatic N) is 1. The zero-order valence-corrected chi connectivity index (χ0v) is 6.66. The highest BCUT2D eigenvalue weighted by Gasteiger charge is 2.46. The minimum Gasteiger partial charge on any atom is -0.465 e. The van der Waals surface area contributed by atoms with E-state index in [0.29, 0.717) is 18.0 Å². The van der Waals surface area contributed by atoms with Gasteiger partial charge in [-0.2, -0.15) is 0 Å². The van der Waals surface area contributed by atoms with Crippen LogP contribution < -0.4 is 0 Å². The van der Waals surface area contributed by atoms with Gasteiger partial charge in [-0.05, 0) is 25.2 Å². The first-order chi connectivity index (χ1) is 5.20. The molecule has 2 aliphatic heterocycles. The molecule has 0 aromatic heterocycles. The lowest BCUT2D eigenvalue weighted by Gasteiger charge is -2.18. The van der Waals surface area contributed by atoms with E-state index in [2.05, 4.69) is 6.92 Å². The van der Waals surface area contributed by atoms with Gasteiger partial charge in [0, 0.05) is 12.1 Å². The number of rotatable bonds is 0. The maximum absolute atomic E-state index is 10.7. The summed E-state index contributed by atoms with van der Waals surface area (Å²) in [5.41, 5.74) is 0. The van der Waals surface area contributed by atoms with E-state index in [1.54, 1.807) is 4.90 Å². The van der Waals surface area contributed by atoms with Gasteiger partial charge in [0.2, 0.25) is 0 Å². The Hall–Kier alpha value is -0.730. The van der Waals surface area contributed by atoms with Crippen LogP contribution >= 0.6 is 0 Å². The van der Waals surface area contributed by atoms with Crippen LogP contribution in [-0.2, 0) is 0 Å². The highest BCUT2D eigenvalue weighted by Crippen LogP contribution is 2.41. The second kappa shape index (κ2) is 2.13. The summed E-state index contributed by atoms with van der Waals surface area (Å²) in [7, 11) is 0. The molecule has 2 heterocycles. The molecule has 3 nitrogen and oxygen atoms in total. The summed E-state index contributed by atoms with van der Waals surface area (Å²) in [5.74, 6) is 0.588. The number of hydrogen-bond acceptors (Lipinski definition) is 1. The van der Waals surface area contributed by atoms with Crippen LogP contribution in [0.15, 0.2) is 0 Å². The van der Waals surface area contributed by atoms with Crippen molar-refractivity contribution in [3.8, 4) is 0 Å². The molecule has 62 valence electrons. The second-order valence-electron chi connectivity index (χ2n) is 3.70. The van der Waals surface area contributed by atoms with Crippen molar-refractivity contribution in [2.75, 3.05) is 0 Å². The quantitative estimate of drug-likeness (QED) is 0.576. The fourth-order valence-electron chi connectivity index (χ4n) is 2.59. The van der Waals surface area contributed by atoms with Crippen molar-refractivity contribution in [2.45, 2.75) is 38.3 Å². The maximum atomic E-state index is 10.7. The largest absolute Gasteiger partial charge is 0.465 e. The lowest BCUT2D eigenvalue weighted by atomic mass is 9.91. The number of amides is 1. The molecule has 2 aliphatic rings. The van der Waals surface area contributed by atoms with E-state index in [1.165, 1.54) is 0 Å². The lowest BCUT2D eigenvalue weighted by molar-refractivity contribution is 0.136. The van der Waals surface area contributed by atoms with Crippen LogP contribution in [0.1, 0.15) is 26.2 Å². The molecule has 2 bridgehead atoms. The van der Waals surface area contributed by atoms with Gasteiger partial charge in [0.15, 0.2) is 0 Å². The van der Waals surface area contributed by atoms with E-state index in [9.17, 15) is 4.79 Å². The van der Waals surface area contributed by atoms with Gasteiger partial charge in [-0.15, -0.1) is 0 Å². The molecule has 0 radical (unpaired) electrons. The summed E-state index contributed by atoms with van der Waals surface area (Å²) in [6, 6.07) is 0.671. The fraction of sp³-hybridized carbons (Fsp3) is 0.875. The lowest BCUT2D eigenvalue weighted by Crippen LogP contribution is -2.34. The van der Waals surface area contributed by atoms with Crippen molar-refractivity contribution in [2.24, 2.45) is 5.92 Å². The standard InChI is InChI=1S/C8H13NO2/c1-5-4-6-2-3-7(5)9(6)8(10)11/h5-7H,2-4H2,1H3,(H,10,11)/t5?,6-,7+/m1/s1. The Balaban J connectivity index is 2.19. The normalized spacial score (nSPS) is 41.5. The molecule has 2 saturated heterocycles. The van der Waals surface area contributed by atoms with Crippen molar-refractivity contribution >= 4 is 6.09 Å². The van der Waals surface area contributed by atoms with E-state index in [4.69, 9.17) is 5.11 Å². The van der Waals surface area contributed by atoms with E-state index in [-0.39, 0.29) is 0 Å². The highest BCUT2D eigenvalue weighted by molar-refractivity contribution is 5.67. The van der Waals surface area contributed by atoms with Gasteiger partial charge in [0.1, 0.15) is 0 Å². The van der Waals surface area contributed by atoms with Crippen LogP contribution in [0.2, 0.25) is 0 Å². The fourth-order valence-corrected chi connectivity index (χ4v) is 2.59. The monoisotopic (exact) mass is 155 g/mol. The molecule has 1 amide bonds. The van der Waals surface area contributed by atoms with Crippen LogP contribution in [-0.4, -0.2) is 28.2 Å². The Bertz CT molecular complexity index is 193. The summed E-state index contributed by atoms with van der Waals surface area (Å²) >= 11 is 0. The molecule has 11 heavy (non-hydrogen) atoms. The minimum atomic E-state index is -0.721. The predicted octanol–water partition coefficient (Wildman–Crippen LogP) is 1.54. The maximum Gasteiger partial charge on any atom is 0.407 e. The molecule has 0 aromatic rings. The first kappa shape index (κ1) is 6.95. The third kappa shape index (κ3) is 0.832. The Morgan fingerprint density at radius 3 is 2.55 bits per heavy atom. The Morgan fingerprint density at radius 2 is 2.27 bits per heavy atom. The summed E-state index contributed by atoms with van der Waals surface area (Å²) < 4.78 is 0. The molecule has 2 fully saturated rings. The molecule has 1 unspecified atom stereocenters. The van der Waals surface area contributed by atoms with Gasteiger partial charge in [-0.25, -0.2) is 4.79 Å². The molecule has 0 aliphatic carbocycles. The van der Waals surface area contributed by atoms with Crippen LogP contribution in [0.5, 0.6) is 0 Å². The molecular weight excluding hydrogens is 142 g/mol. The van der Waals surface area contributed by atoms with Crippen LogP contribution in [0, 0.1) is 5.92 Å². The smallest absolute Gasteiger partial charge is 0.407 e. The first-order valence-corrected chi connectivity index (χ1v) is 4.21. The van der Waals surface area contributed by atoms with Crippen molar-refractivity contribution in [3.63, 3.8) is 0 Å².